The van der Waals surface area contributed by atoms with E-state index < -0.39 is 0 Å². The second kappa shape index (κ2) is 4.27. The van der Waals surface area contributed by atoms with Crippen LogP contribution in [0.1, 0.15) is 26.5 Å². The van der Waals surface area contributed by atoms with Crippen molar-refractivity contribution in [2.24, 2.45) is 0 Å². The number of nitrogens with zero attached hydrogens (tertiary/aromatic N) is 2. The second-order valence-corrected chi connectivity index (χ2v) is 6.67. The summed E-state index contributed by atoms with van der Waals surface area (Å²) in [6.45, 7) is 9.86. The van der Waals surface area contributed by atoms with Gasteiger partial charge in [0.2, 0.25) is 0 Å². The van der Waals surface area contributed by atoms with Crippen LogP contribution in [0.25, 0.3) is 10.9 Å². The molecule has 3 heteroatoms. The molecule has 1 aromatic heterocycles. The van der Waals surface area contributed by atoms with Crippen molar-refractivity contribution >= 4 is 16.6 Å². The fourth-order valence-electron chi connectivity index (χ4n) is 2.86. The molecule has 2 aromatic rings. The molecule has 1 aliphatic rings. The Bertz CT molecular complexity index is 604. The van der Waals surface area contributed by atoms with Crippen LogP contribution in [0.15, 0.2) is 24.3 Å². The Labute approximate surface area is 115 Å². The zero-order valence-electron chi connectivity index (χ0n) is 12.3. The molecule has 0 amide bonds. The van der Waals surface area contributed by atoms with Crippen LogP contribution in [-0.2, 0) is 13.1 Å². The minimum absolute atomic E-state index is 0.104. The average molecular weight is 257 g/mol. The number of rotatable bonds is 1. The fourth-order valence-corrected chi connectivity index (χ4v) is 2.86. The van der Waals surface area contributed by atoms with E-state index in [2.05, 4.69) is 66.9 Å². The van der Waals surface area contributed by atoms with E-state index in [4.69, 9.17) is 0 Å². The first kappa shape index (κ1) is 12.5. The number of fused-ring (bicyclic) bond motifs is 3. The lowest BCUT2D eigenvalue weighted by atomic mass is 10.1. The number of nitrogens with one attached hydrogen (secondary N) is 1. The summed E-state index contributed by atoms with van der Waals surface area (Å²) in [5, 5.41) is 4.89. The summed E-state index contributed by atoms with van der Waals surface area (Å²) in [4.78, 5) is 2.38. The Morgan fingerprint density at radius 1 is 1.11 bits per heavy atom. The molecule has 0 atom stereocenters. The maximum atomic E-state index is 3.54. The maximum absolute atomic E-state index is 3.54. The van der Waals surface area contributed by atoms with Crippen LogP contribution in [-0.4, -0.2) is 28.6 Å². The maximum Gasteiger partial charge on any atom is 0.0484 e. The van der Waals surface area contributed by atoms with Crippen molar-refractivity contribution in [2.45, 2.75) is 39.4 Å². The molecule has 3 nitrogen and oxygen atoms in total. The molecule has 0 radical (unpaired) electrons. The molecule has 1 aliphatic heterocycles. The van der Waals surface area contributed by atoms with Gasteiger partial charge in [0.15, 0.2) is 0 Å². The van der Waals surface area contributed by atoms with Gasteiger partial charge in [0.25, 0.3) is 0 Å². The summed E-state index contributed by atoms with van der Waals surface area (Å²) in [6.07, 6.45) is 0. The minimum Gasteiger partial charge on any atom is -0.380 e. The lowest BCUT2D eigenvalue weighted by Crippen LogP contribution is -2.29. The van der Waals surface area contributed by atoms with E-state index in [9.17, 15) is 0 Å². The minimum atomic E-state index is 0.104. The largest absolute Gasteiger partial charge is 0.380 e. The molecule has 0 aliphatic carbocycles. The average Bonchev–Trinajstić information content (AvgIpc) is 2.62. The van der Waals surface area contributed by atoms with E-state index in [0.717, 1.165) is 19.6 Å². The molecule has 102 valence electrons. The summed E-state index contributed by atoms with van der Waals surface area (Å²) in [5.41, 5.74) is 4.10. The molecule has 0 bridgehead atoms. The molecular weight excluding hydrogens is 234 g/mol. The van der Waals surface area contributed by atoms with Crippen LogP contribution in [0.4, 0.5) is 5.69 Å². The van der Waals surface area contributed by atoms with Crippen LogP contribution in [0, 0.1) is 0 Å². The Hall–Kier alpha value is -1.48. The van der Waals surface area contributed by atoms with Crippen molar-refractivity contribution in [1.29, 1.82) is 0 Å². The number of likely N-dealkylation sites (N-methyl/N-ethyl adjacent to an activating group) is 1. The van der Waals surface area contributed by atoms with Gasteiger partial charge in [0.1, 0.15) is 0 Å². The number of hydrogen-bond donors (Lipinski definition) is 1. The molecule has 3 rings (SSSR count). The van der Waals surface area contributed by atoms with Gasteiger partial charge in [-0.1, -0.05) is 0 Å². The van der Waals surface area contributed by atoms with Crippen LogP contribution >= 0.6 is 0 Å². The Balaban J connectivity index is 2.01. The van der Waals surface area contributed by atoms with Gasteiger partial charge in [-0.05, 0) is 52.1 Å². The summed E-state index contributed by atoms with van der Waals surface area (Å²) in [7, 11) is 2.19. The van der Waals surface area contributed by atoms with Crippen LogP contribution in [0.2, 0.25) is 0 Å². The smallest absolute Gasteiger partial charge is 0.0484 e. The van der Waals surface area contributed by atoms with Gasteiger partial charge in [-0.3, -0.25) is 4.90 Å². The first-order chi connectivity index (χ1) is 8.92. The highest BCUT2D eigenvalue weighted by molar-refractivity contribution is 5.85. The predicted molar refractivity (Wildman–Crippen MR) is 81.6 cm³/mol. The molecule has 19 heavy (non-hydrogen) atoms. The third-order valence-electron chi connectivity index (χ3n) is 3.64. The number of anilines is 1. The van der Waals surface area contributed by atoms with E-state index in [1.165, 1.54) is 22.3 Å². The summed E-state index contributed by atoms with van der Waals surface area (Å²) >= 11 is 0. The molecule has 0 saturated carbocycles. The standard InChI is InChI=1S/C16H23N3/c1-16(2,3)17-13-5-6-15-12(9-13)10-14-11-18(4)7-8-19(14)15/h5-6,9-10,17H,7-8,11H2,1-4H3. The second-order valence-electron chi connectivity index (χ2n) is 6.67. The van der Waals surface area contributed by atoms with Gasteiger partial charge in [-0.2, -0.15) is 0 Å². The number of benzene rings is 1. The molecular formula is C16H23N3. The van der Waals surface area contributed by atoms with E-state index in [-0.39, 0.29) is 5.54 Å². The van der Waals surface area contributed by atoms with E-state index in [1.807, 2.05) is 0 Å². The van der Waals surface area contributed by atoms with Gasteiger partial charge in [-0.15, -0.1) is 0 Å². The highest BCUT2D eigenvalue weighted by Crippen LogP contribution is 2.27. The van der Waals surface area contributed by atoms with E-state index >= 15 is 0 Å². The predicted octanol–water partition coefficient (Wildman–Crippen LogP) is 3.30. The highest BCUT2D eigenvalue weighted by atomic mass is 15.2. The quantitative estimate of drug-likeness (QED) is 0.846. The van der Waals surface area contributed by atoms with E-state index in [0.29, 0.717) is 0 Å². The normalized spacial score (nSPS) is 16.6. The Morgan fingerprint density at radius 3 is 2.63 bits per heavy atom. The highest BCUT2D eigenvalue weighted by Gasteiger charge is 2.16. The number of aromatic nitrogens is 1. The van der Waals surface area contributed by atoms with Crippen molar-refractivity contribution in [2.75, 3.05) is 18.9 Å². The third-order valence-corrected chi connectivity index (χ3v) is 3.64. The Kier molecular flexibility index (Phi) is 2.82. The van der Waals surface area contributed by atoms with E-state index in [1.54, 1.807) is 0 Å². The van der Waals surface area contributed by atoms with Gasteiger partial charge >= 0.3 is 0 Å². The summed E-state index contributed by atoms with van der Waals surface area (Å²) in [5.74, 6) is 0. The monoisotopic (exact) mass is 257 g/mol. The summed E-state index contributed by atoms with van der Waals surface area (Å²) < 4.78 is 2.45. The molecule has 2 heterocycles. The first-order valence-corrected chi connectivity index (χ1v) is 7.01. The molecule has 1 N–H and O–H groups in total. The number of hydrogen-bond acceptors (Lipinski definition) is 2. The van der Waals surface area contributed by atoms with Crippen LogP contribution < -0.4 is 5.32 Å². The topological polar surface area (TPSA) is 20.2 Å². The van der Waals surface area contributed by atoms with Crippen molar-refractivity contribution in [1.82, 2.24) is 9.47 Å². The van der Waals surface area contributed by atoms with Crippen LogP contribution in [0.3, 0.4) is 0 Å². The fraction of sp³-hybridized carbons (Fsp3) is 0.500. The molecule has 0 fully saturated rings. The zero-order chi connectivity index (χ0) is 13.6. The Morgan fingerprint density at radius 2 is 1.89 bits per heavy atom. The van der Waals surface area contributed by atoms with Gasteiger partial charge in [0.05, 0.1) is 0 Å². The molecule has 0 spiro atoms. The lowest BCUT2D eigenvalue weighted by molar-refractivity contribution is 0.273. The van der Waals surface area contributed by atoms with Crippen molar-refractivity contribution in [3.05, 3.63) is 30.0 Å². The van der Waals surface area contributed by atoms with Crippen LogP contribution in [0.5, 0.6) is 0 Å². The third kappa shape index (κ3) is 2.47. The molecule has 0 unspecified atom stereocenters. The molecule has 0 saturated heterocycles. The molecule has 1 aromatic carbocycles. The van der Waals surface area contributed by atoms with Crippen molar-refractivity contribution in [3.8, 4) is 0 Å². The van der Waals surface area contributed by atoms with Gasteiger partial charge in [0, 0.05) is 47.5 Å². The summed E-state index contributed by atoms with van der Waals surface area (Å²) in [6, 6.07) is 9.04. The van der Waals surface area contributed by atoms with Gasteiger partial charge < -0.3 is 9.88 Å². The SMILES string of the molecule is CN1CCn2c(cc3cc(NC(C)(C)C)ccc32)C1. The first-order valence-electron chi connectivity index (χ1n) is 7.01. The zero-order valence-corrected chi connectivity index (χ0v) is 12.3. The van der Waals surface area contributed by atoms with Crippen molar-refractivity contribution in [3.63, 3.8) is 0 Å². The van der Waals surface area contributed by atoms with Gasteiger partial charge in [-0.25, -0.2) is 0 Å². The lowest BCUT2D eigenvalue weighted by Gasteiger charge is -2.25. The van der Waals surface area contributed by atoms with Crippen molar-refractivity contribution < 1.29 is 0 Å².